The molecule has 1 aliphatic rings. The second-order valence-corrected chi connectivity index (χ2v) is 9.12. The summed E-state index contributed by atoms with van der Waals surface area (Å²) in [7, 11) is -3.40. The van der Waals surface area contributed by atoms with Crippen LogP contribution in [0.2, 0.25) is 0 Å². The van der Waals surface area contributed by atoms with Crippen LogP contribution in [0.1, 0.15) is 11.6 Å². The van der Waals surface area contributed by atoms with E-state index in [0.29, 0.717) is 17.7 Å². The fourth-order valence-electron chi connectivity index (χ4n) is 3.31. The van der Waals surface area contributed by atoms with Crippen molar-refractivity contribution in [2.24, 2.45) is 0 Å². The Morgan fingerprint density at radius 2 is 1.76 bits per heavy atom. The van der Waals surface area contributed by atoms with E-state index in [0.717, 1.165) is 5.56 Å². The molecule has 6 nitrogen and oxygen atoms in total. The molecule has 2 heterocycles. The van der Waals surface area contributed by atoms with Gasteiger partial charge >= 0.3 is 0 Å². The minimum Gasteiger partial charge on any atom is -0.268 e. The first-order chi connectivity index (χ1) is 13.9. The van der Waals surface area contributed by atoms with Crippen LogP contribution in [0.25, 0.3) is 11.3 Å². The van der Waals surface area contributed by atoms with E-state index < -0.39 is 10.0 Å². The maximum atomic E-state index is 13.5. The van der Waals surface area contributed by atoms with Crippen molar-refractivity contribution >= 4 is 10.0 Å². The van der Waals surface area contributed by atoms with Crippen LogP contribution < -0.4 is 5.56 Å². The van der Waals surface area contributed by atoms with Crippen LogP contribution in [-0.4, -0.2) is 41.3 Å². The van der Waals surface area contributed by atoms with Crippen molar-refractivity contribution in [3.05, 3.63) is 88.5 Å². The minimum atomic E-state index is -3.40. The van der Waals surface area contributed by atoms with Crippen LogP contribution in [0.15, 0.2) is 71.5 Å². The number of hydrogen-bond acceptors (Lipinski definition) is 4. The Morgan fingerprint density at radius 3 is 2.48 bits per heavy atom. The number of rotatable bonds is 6. The molecule has 29 heavy (non-hydrogen) atoms. The average Bonchev–Trinajstić information content (AvgIpc) is 2.67. The fraction of sp³-hybridized carbons (Fsp3) is 0.238. The largest absolute Gasteiger partial charge is 0.268 e. The maximum Gasteiger partial charge on any atom is 0.267 e. The van der Waals surface area contributed by atoms with Gasteiger partial charge in [-0.15, -0.1) is 0 Å². The van der Waals surface area contributed by atoms with E-state index in [9.17, 15) is 17.6 Å². The van der Waals surface area contributed by atoms with Gasteiger partial charge in [-0.3, -0.25) is 4.79 Å². The van der Waals surface area contributed by atoms with Gasteiger partial charge in [0.2, 0.25) is 10.0 Å². The molecular formula is C21H20FN3O3S. The van der Waals surface area contributed by atoms with Gasteiger partial charge in [0.05, 0.1) is 17.5 Å². The molecule has 0 aliphatic carbocycles. The van der Waals surface area contributed by atoms with Gasteiger partial charge in [0.1, 0.15) is 5.82 Å². The van der Waals surface area contributed by atoms with Gasteiger partial charge in [0.15, 0.2) is 0 Å². The number of benzene rings is 2. The van der Waals surface area contributed by atoms with Crippen molar-refractivity contribution < 1.29 is 12.8 Å². The topological polar surface area (TPSA) is 72.3 Å². The van der Waals surface area contributed by atoms with Gasteiger partial charge in [-0.2, -0.15) is 9.40 Å². The smallest absolute Gasteiger partial charge is 0.267 e. The summed E-state index contributed by atoms with van der Waals surface area (Å²) in [5, 5.41) is 4.33. The zero-order valence-electron chi connectivity index (χ0n) is 15.6. The van der Waals surface area contributed by atoms with Crippen molar-refractivity contribution in [3.63, 3.8) is 0 Å². The molecule has 3 aromatic rings. The molecule has 4 rings (SSSR count). The summed E-state index contributed by atoms with van der Waals surface area (Å²) in [6.45, 7) is 0.410. The highest BCUT2D eigenvalue weighted by Gasteiger charge is 2.37. The average molecular weight is 413 g/mol. The Labute approximate surface area is 168 Å². The molecule has 0 radical (unpaired) electrons. The van der Waals surface area contributed by atoms with Crippen molar-refractivity contribution in [1.82, 2.24) is 14.1 Å². The third-order valence-electron chi connectivity index (χ3n) is 5.00. The normalized spacial score (nSPS) is 15.2. The number of sulfonamides is 1. The molecule has 1 aliphatic heterocycles. The third kappa shape index (κ3) is 4.28. The molecule has 0 atom stereocenters. The number of nitrogens with zero attached hydrogens (tertiary/aromatic N) is 3. The Balaban J connectivity index is 1.45. The highest BCUT2D eigenvalue weighted by molar-refractivity contribution is 7.89. The van der Waals surface area contributed by atoms with Crippen LogP contribution in [-0.2, 0) is 16.4 Å². The van der Waals surface area contributed by atoms with E-state index >= 15 is 0 Å². The first-order valence-electron chi connectivity index (χ1n) is 9.30. The van der Waals surface area contributed by atoms with Crippen LogP contribution in [0.5, 0.6) is 0 Å². The van der Waals surface area contributed by atoms with E-state index in [1.54, 1.807) is 18.2 Å². The first-order valence-corrected chi connectivity index (χ1v) is 10.9. The predicted molar refractivity (Wildman–Crippen MR) is 108 cm³/mol. The third-order valence-corrected chi connectivity index (χ3v) is 6.81. The molecule has 2 aromatic carbocycles. The molecule has 1 aromatic heterocycles. The Hall–Kier alpha value is -2.84. The van der Waals surface area contributed by atoms with Crippen molar-refractivity contribution in [2.45, 2.75) is 12.5 Å². The van der Waals surface area contributed by atoms with Gasteiger partial charge in [0, 0.05) is 24.7 Å². The highest BCUT2D eigenvalue weighted by Crippen LogP contribution is 2.24. The standard InChI is InChI=1S/C21H20FN3O3S/c22-18-8-4-7-17(13-18)20-9-10-21(26)25(23-20)19-14-24(15-19)29(27,28)12-11-16-5-2-1-3-6-16/h1-10,13,19H,11-12,14-15H2. The molecule has 0 amide bonds. The van der Waals surface area contributed by atoms with E-state index in [2.05, 4.69) is 5.10 Å². The molecule has 8 heteroatoms. The molecule has 0 spiro atoms. The monoisotopic (exact) mass is 413 g/mol. The van der Waals surface area contributed by atoms with Gasteiger partial charge in [0.25, 0.3) is 5.56 Å². The van der Waals surface area contributed by atoms with Crippen LogP contribution in [0.3, 0.4) is 0 Å². The number of hydrogen-bond donors (Lipinski definition) is 0. The molecule has 0 saturated carbocycles. The second-order valence-electron chi connectivity index (χ2n) is 7.03. The predicted octanol–water partition coefficient (Wildman–Crippen LogP) is 2.48. The van der Waals surface area contributed by atoms with E-state index in [1.807, 2.05) is 30.3 Å². The highest BCUT2D eigenvalue weighted by atomic mass is 32.2. The van der Waals surface area contributed by atoms with Crippen LogP contribution in [0.4, 0.5) is 4.39 Å². The molecular weight excluding hydrogens is 393 g/mol. The van der Waals surface area contributed by atoms with Crippen LogP contribution in [0, 0.1) is 5.82 Å². The molecule has 1 fully saturated rings. The van der Waals surface area contributed by atoms with Gasteiger partial charge in [-0.1, -0.05) is 42.5 Å². The summed E-state index contributed by atoms with van der Waals surface area (Å²) >= 11 is 0. The van der Waals surface area contributed by atoms with E-state index in [4.69, 9.17) is 0 Å². The van der Waals surface area contributed by atoms with Crippen molar-refractivity contribution in [2.75, 3.05) is 18.8 Å². The van der Waals surface area contributed by atoms with Gasteiger partial charge < -0.3 is 0 Å². The van der Waals surface area contributed by atoms with Gasteiger partial charge in [-0.05, 0) is 30.2 Å². The van der Waals surface area contributed by atoms with Crippen molar-refractivity contribution in [1.29, 1.82) is 0 Å². The quantitative estimate of drug-likeness (QED) is 0.622. The lowest BCUT2D eigenvalue weighted by atomic mass is 10.1. The maximum absolute atomic E-state index is 13.5. The fourth-order valence-corrected chi connectivity index (χ4v) is 4.86. The summed E-state index contributed by atoms with van der Waals surface area (Å²) in [4.78, 5) is 12.2. The number of halogens is 1. The van der Waals surface area contributed by atoms with Crippen molar-refractivity contribution in [3.8, 4) is 11.3 Å². The molecule has 150 valence electrons. The number of aromatic nitrogens is 2. The lowest BCUT2D eigenvalue weighted by molar-refractivity contribution is 0.186. The minimum absolute atomic E-state index is 0.0232. The molecule has 0 bridgehead atoms. The first kappa shape index (κ1) is 19.5. The Morgan fingerprint density at radius 1 is 1.00 bits per heavy atom. The summed E-state index contributed by atoms with van der Waals surface area (Å²) in [6, 6.07) is 18.0. The van der Waals surface area contributed by atoms with Crippen LogP contribution >= 0.6 is 0 Å². The summed E-state index contributed by atoms with van der Waals surface area (Å²) in [5.41, 5.74) is 1.69. The van der Waals surface area contributed by atoms with E-state index in [-0.39, 0.29) is 36.3 Å². The zero-order valence-corrected chi connectivity index (χ0v) is 16.4. The number of aryl methyl sites for hydroxylation is 1. The lowest BCUT2D eigenvalue weighted by Crippen LogP contribution is -2.54. The molecule has 0 N–H and O–H groups in total. The summed E-state index contributed by atoms with van der Waals surface area (Å²) in [6.07, 6.45) is 0.442. The summed E-state index contributed by atoms with van der Waals surface area (Å²) in [5.74, 6) is -0.364. The van der Waals surface area contributed by atoms with E-state index in [1.165, 1.54) is 27.2 Å². The lowest BCUT2D eigenvalue weighted by Gasteiger charge is -2.38. The molecule has 1 saturated heterocycles. The Bertz CT molecular complexity index is 1170. The second kappa shape index (κ2) is 7.88. The SMILES string of the molecule is O=c1ccc(-c2cccc(F)c2)nn1C1CN(S(=O)(=O)CCc2ccccc2)C1. The van der Waals surface area contributed by atoms with Gasteiger partial charge in [-0.25, -0.2) is 17.5 Å². The molecule has 0 unspecified atom stereocenters. The summed E-state index contributed by atoms with van der Waals surface area (Å²) < 4.78 is 41.3. The Kier molecular flexibility index (Phi) is 5.29. The zero-order chi connectivity index (χ0) is 20.4.